The van der Waals surface area contributed by atoms with Gasteiger partial charge in [-0.3, -0.25) is 4.18 Å². The van der Waals surface area contributed by atoms with Crippen molar-refractivity contribution >= 4 is 27.3 Å². The molecular weight excluding hydrogens is 263 g/mol. The molecule has 0 aliphatic carbocycles. The molecule has 0 aliphatic heterocycles. The van der Waals surface area contributed by atoms with Crippen LogP contribution in [0.2, 0.25) is 0 Å². The van der Waals surface area contributed by atoms with Gasteiger partial charge < -0.3 is 4.55 Å². The van der Waals surface area contributed by atoms with E-state index in [2.05, 4.69) is 20.1 Å². The first kappa shape index (κ1) is 10.8. The lowest BCUT2D eigenvalue weighted by atomic mass is 10.2. The summed E-state index contributed by atoms with van der Waals surface area (Å²) in [5.41, 5.74) is 0.463. The van der Waals surface area contributed by atoms with E-state index in [1.54, 1.807) is 6.07 Å². The predicted molar refractivity (Wildman–Crippen MR) is 47.8 cm³/mol. The maximum Gasteiger partial charge on any atom is 0.137 e. The van der Waals surface area contributed by atoms with Crippen molar-refractivity contribution in [1.82, 2.24) is 0 Å². The average molecular weight is 268 g/mol. The molecule has 0 spiro atoms. The molecule has 3 nitrogen and oxygen atoms in total. The van der Waals surface area contributed by atoms with Gasteiger partial charge in [-0.15, -0.1) is 0 Å². The summed E-state index contributed by atoms with van der Waals surface area (Å²) in [6, 6.07) is 4.26. The summed E-state index contributed by atoms with van der Waals surface area (Å²) in [5.74, 6) is -0.446. The quantitative estimate of drug-likeness (QED) is 0.786. The standard InChI is InChI=1S/C7H6BrFO3S/c8-6-2-1-5(3-7(6)9)4-12-13(10)11/h1-3H,4H2,(H,10,11)/p-1. The molecule has 72 valence electrons. The summed E-state index contributed by atoms with van der Waals surface area (Å²) in [4.78, 5) is 0. The van der Waals surface area contributed by atoms with Crippen LogP contribution in [0.4, 0.5) is 4.39 Å². The summed E-state index contributed by atoms with van der Waals surface area (Å²) >= 11 is 0.410. The van der Waals surface area contributed by atoms with Crippen molar-refractivity contribution in [3.63, 3.8) is 0 Å². The topological polar surface area (TPSA) is 49.4 Å². The van der Waals surface area contributed by atoms with Crippen molar-refractivity contribution in [2.45, 2.75) is 6.61 Å². The van der Waals surface area contributed by atoms with Gasteiger partial charge >= 0.3 is 0 Å². The molecule has 1 atom stereocenters. The fourth-order valence-electron chi connectivity index (χ4n) is 0.746. The SMILES string of the molecule is O=S([O-])OCc1ccc(Br)c(F)c1. The molecule has 1 aromatic rings. The number of hydrogen-bond acceptors (Lipinski definition) is 3. The van der Waals surface area contributed by atoms with Crippen LogP contribution in [-0.2, 0) is 22.2 Å². The van der Waals surface area contributed by atoms with Crippen molar-refractivity contribution in [2.24, 2.45) is 0 Å². The maximum absolute atomic E-state index is 12.8. The third-order valence-corrected chi connectivity index (χ3v) is 2.26. The number of hydrogen-bond donors (Lipinski definition) is 0. The number of rotatable bonds is 3. The molecule has 0 fully saturated rings. The minimum Gasteiger partial charge on any atom is -0.750 e. The molecule has 6 heteroatoms. The third-order valence-electron chi connectivity index (χ3n) is 1.31. The highest BCUT2D eigenvalue weighted by Crippen LogP contribution is 2.16. The van der Waals surface area contributed by atoms with E-state index < -0.39 is 17.2 Å². The molecule has 1 rings (SSSR count). The highest BCUT2D eigenvalue weighted by Gasteiger charge is 2.00. The molecule has 0 radical (unpaired) electrons. The van der Waals surface area contributed by atoms with E-state index in [0.717, 1.165) is 0 Å². The fourth-order valence-corrected chi connectivity index (χ4v) is 1.22. The van der Waals surface area contributed by atoms with E-state index in [-0.39, 0.29) is 6.61 Å². The van der Waals surface area contributed by atoms with Crippen LogP contribution in [0.15, 0.2) is 22.7 Å². The molecule has 0 heterocycles. The van der Waals surface area contributed by atoms with Gasteiger partial charge in [0.1, 0.15) is 5.82 Å². The van der Waals surface area contributed by atoms with Gasteiger partial charge in [-0.05, 0) is 33.6 Å². The zero-order chi connectivity index (χ0) is 9.84. The smallest absolute Gasteiger partial charge is 0.137 e. The number of halogens is 2. The molecule has 0 amide bonds. The van der Waals surface area contributed by atoms with Crippen molar-refractivity contribution in [2.75, 3.05) is 0 Å². The second-order valence-corrected chi connectivity index (χ2v) is 3.71. The summed E-state index contributed by atoms with van der Waals surface area (Å²) < 4.78 is 37.4. The summed E-state index contributed by atoms with van der Waals surface area (Å²) in [6.45, 7) is -0.152. The summed E-state index contributed by atoms with van der Waals surface area (Å²) in [7, 11) is 0. The van der Waals surface area contributed by atoms with Gasteiger partial charge in [-0.1, -0.05) is 6.07 Å². The molecule has 0 bridgehead atoms. The Balaban J connectivity index is 2.68. The zero-order valence-corrected chi connectivity index (χ0v) is 8.73. The van der Waals surface area contributed by atoms with Crippen molar-refractivity contribution < 1.29 is 17.3 Å². The highest BCUT2D eigenvalue weighted by molar-refractivity contribution is 9.10. The predicted octanol–water partition coefficient (Wildman–Crippen LogP) is 1.90. The molecule has 1 unspecified atom stereocenters. The van der Waals surface area contributed by atoms with Gasteiger partial charge in [-0.2, -0.15) is 0 Å². The van der Waals surface area contributed by atoms with Gasteiger partial charge in [0.2, 0.25) is 0 Å². The average Bonchev–Trinajstić information content (AvgIpc) is 2.07. The molecule has 0 N–H and O–H groups in total. The minimum atomic E-state index is -2.56. The third kappa shape index (κ3) is 3.51. The van der Waals surface area contributed by atoms with E-state index in [1.807, 2.05) is 0 Å². The van der Waals surface area contributed by atoms with Crippen molar-refractivity contribution in [3.05, 3.63) is 34.1 Å². The molecule has 1 aromatic carbocycles. The van der Waals surface area contributed by atoms with E-state index in [9.17, 15) is 13.2 Å². The molecule has 0 saturated carbocycles. The van der Waals surface area contributed by atoms with Crippen LogP contribution in [0, 0.1) is 5.82 Å². The summed E-state index contributed by atoms with van der Waals surface area (Å²) in [5, 5.41) is 0. The largest absolute Gasteiger partial charge is 0.750 e. The van der Waals surface area contributed by atoms with Gasteiger partial charge in [0.05, 0.1) is 22.4 Å². The highest BCUT2D eigenvalue weighted by atomic mass is 79.9. The van der Waals surface area contributed by atoms with E-state index >= 15 is 0 Å². The zero-order valence-electron chi connectivity index (χ0n) is 6.33. The molecular formula is C7H5BrFO3S-. The molecule has 13 heavy (non-hydrogen) atoms. The van der Waals surface area contributed by atoms with Crippen molar-refractivity contribution in [1.29, 1.82) is 0 Å². The van der Waals surface area contributed by atoms with Crippen LogP contribution in [0.5, 0.6) is 0 Å². The first-order valence-corrected chi connectivity index (χ1v) is 5.05. The number of benzene rings is 1. The van der Waals surface area contributed by atoms with Crippen LogP contribution in [0.25, 0.3) is 0 Å². The Labute approximate surface area is 85.5 Å². The Morgan fingerprint density at radius 2 is 2.31 bits per heavy atom. The lowest BCUT2D eigenvalue weighted by Crippen LogP contribution is -1.96. The van der Waals surface area contributed by atoms with E-state index in [0.29, 0.717) is 10.0 Å². The first-order valence-electron chi connectivity index (χ1n) is 3.26. The Morgan fingerprint density at radius 3 is 2.85 bits per heavy atom. The lowest BCUT2D eigenvalue weighted by molar-refractivity contribution is 0.290. The maximum atomic E-state index is 12.8. The second-order valence-electron chi connectivity index (χ2n) is 2.21. The van der Waals surface area contributed by atoms with Crippen LogP contribution in [-0.4, -0.2) is 8.76 Å². The van der Waals surface area contributed by atoms with Crippen LogP contribution in [0.1, 0.15) is 5.56 Å². The van der Waals surface area contributed by atoms with Crippen LogP contribution < -0.4 is 0 Å². The van der Waals surface area contributed by atoms with Gasteiger partial charge in [-0.25, -0.2) is 8.60 Å². The first-order chi connectivity index (χ1) is 6.09. The second kappa shape index (κ2) is 4.80. The summed E-state index contributed by atoms with van der Waals surface area (Å²) in [6.07, 6.45) is 0. The Bertz CT molecular complexity index is 332. The molecule has 0 aliphatic rings. The normalized spacial score (nSPS) is 12.8. The monoisotopic (exact) mass is 267 g/mol. The van der Waals surface area contributed by atoms with Gasteiger partial charge in [0.15, 0.2) is 0 Å². The van der Waals surface area contributed by atoms with Gasteiger partial charge in [0.25, 0.3) is 0 Å². The van der Waals surface area contributed by atoms with Crippen molar-refractivity contribution in [3.8, 4) is 0 Å². The Hall–Kier alpha value is -0.300. The van der Waals surface area contributed by atoms with Gasteiger partial charge in [0, 0.05) is 0 Å². The van der Waals surface area contributed by atoms with E-state index in [1.165, 1.54) is 12.1 Å². The van der Waals surface area contributed by atoms with Crippen LogP contribution >= 0.6 is 15.9 Å². The minimum absolute atomic E-state index is 0.152. The van der Waals surface area contributed by atoms with Crippen LogP contribution in [0.3, 0.4) is 0 Å². The Morgan fingerprint density at radius 1 is 1.62 bits per heavy atom. The molecule has 0 saturated heterocycles. The molecule has 0 aromatic heterocycles. The Kier molecular flexibility index (Phi) is 3.98. The lowest BCUT2D eigenvalue weighted by Gasteiger charge is -2.05. The van der Waals surface area contributed by atoms with E-state index in [4.69, 9.17) is 0 Å². The fraction of sp³-hybridized carbons (Fsp3) is 0.143.